The molecule has 0 aliphatic heterocycles. The van der Waals surface area contributed by atoms with E-state index in [0.717, 1.165) is 0 Å². The van der Waals surface area contributed by atoms with E-state index in [9.17, 15) is 0 Å². The van der Waals surface area contributed by atoms with Gasteiger partial charge in [-0.05, 0) is 0 Å². The minimum Gasteiger partial charge on any atom is -0.210 e. The second-order valence-electron chi connectivity index (χ2n) is 1.62. The van der Waals surface area contributed by atoms with Crippen molar-refractivity contribution in [2.24, 2.45) is 0 Å². The Morgan fingerprint density at radius 1 is 1.00 bits per heavy atom. The lowest BCUT2D eigenvalue weighted by atomic mass is 11.8. The monoisotopic (exact) mass is 123 g/mol. The Morgan fingerprint density at radius 3 is 1.29 bits per heavy atom. The van der Waals surface area contributed by atoms with Gasteiger partial charge in [0, 0.05) is 0 Å². The molecule has 0 rings (SSSR count). The van der Waals surface area contributed by atoms with E-state index in [0.29, 0.717) is 0 Å². The van der Waals surface area contributed by atoms with E-state index in [-0.39, 0.29) is 0 Å². The van der Waals surface area contributed by atoms with Crippen LogP contribution in [0.1, 0.15) is 0 Å². The van der Waals surface area contributed by atoms with Gasteiger partial charge in [0.2, 0.25) is 0 Å². The lowest BCUT2D eigenvalue weighted by Crippen LogP contribution is -1.91. The van der Waals surface area contributed by atoms with Gasteiger partial charge in [-0.3, -0.25) is 0 Å². The van der Waals surface area contributed by atoms with Crippen LogP contribution in [0.2, 0.25) is 0 Å². The van der Waals surface area contributed by atoms with Gasteiger partial charge in [-0.2, -0.15) is 0 Å². The molecule has 0 N–H and O–H groups in total. The van der Waals surface area contributed by atoms with E-state index >= 15 is 0 Å². The highest BCUT2D eigenvalue weighted by Gasteiger charge is 2.23. The summed E-state index contributed by atoms with van der Waals surface area (Å²) in [6.07, 6.45) is 0. The highest BCUT2D eigenvalue weighted by Crippen LogP contribution is 2.51. The molecule has 0 spiro atoms. The first-order chi connectivity index (χ1) is 3.12. The summed E-state index contributed by atoms with van der Waals surface area (Å²) in [7, 11) is 1.92. The summed E-state index contributed by atoms with van der Waals surface area (Å²) in [5.41, 5.74) is 0. The molecule has 0 saturated carbocycles. The molecule has 44 valence electrons. The Kier molecular flexibility index (Phi) is 2.74. The minimum absolute atomic E-state index is 1.40. The quantitative estimate of drug-likeness (QED) is 0.516. The van der Waals surface area contributed by atoms with Crippen LogP contribution in [0.25, 0.3) is 0 Å². The molecule has 0 amide bonds. The van der Waals surface area contributed by atoms with Gasteiger partial charge in [-0.25, -0.2) is 9.05 Å². The molecular formula is C4H12O2P+. The van der Waals surface area contributed by atoms with E-state index in [2.05, 4.69) is 0 Å². The summed E-state index contributed by atoms with van der Waals surface area (Å²) in [5, 5.41) is 0. The zero-order valence-corrected chi connectivity index (χ0v) is 6.16. The topological polar surface area (TPSA) is 18.5 Å². The van der Waals surface area contributed by atoms with Gasteiger partial charge in [0.25, 0.3) is 7.72 Å². The standard InChI is InChI=1S/C4H12O2P/c1-5-7(3,4)6-2/h1-4H3/q+1. The van der Waals surface area contributed by atoms with Gasteiger partial charge >= 0.3 is 0 Å². The first-order valence-electron chi connectivity index (χ1n) is 2.08. The fourth-order valence-electron chi connectivity index (χ4n) is 0.0745. The van der Waals surface area contributed by atoms with Gasteiger partial charge in [0.15, 0.2) is 0 Å². The molecule has 2 nitrogen and oxygen atoms in total. The maximum Gasteiger partial charge on any atom is 0.268 e. The van der Waals surface area contributed by atoms with Gasteiger partial charge in [-0.1, -0.05) is 0 Å². The lowest BCUT2D eigenvalue weighted by molar-refractivity contribution is 0.327. The second-order valence-corrected chi connectivity index (χ2v) is 4.85. The fourth-order valence-corrected chi connectivity index (χ4v) is 0.224. The molecule has 0 radical (unpaired) electrons. The Labute approximate surface area is 45.3 Å². The molecule has 0 aliphatic rings. The van der Waals surface area contributed by atoms with Crippen molar-refractivity contribution < 1.29 is 9.05 Å². The highest BCUT2D eigenvalue weighted by atomic mass is 31.2. The van der Waals surface area contributed by atoms with Crippen molar-refractivity contribution in [3.05, 3.63) is 0 Å². The Morgan fingerprint density at radius 2 is 1.29 bits per heavy atom. The molecule has 0 aliphatic carbocycles. The largest absolute Gasteiger partial charge is 0.268 e. The first kappa shape index (κ1) is 7.35. The maximum atomic E-state index is 4.98. The first-order valence-corrected chi connectivity index (χ1v) is 4.60. The molecule has 0 bridgehead atoms. The van der Waals surface area contributed by atoms with Gasteiger partial charge < -0.3 is 0 Å². The molecule has 0 aromatic rings. The Bertz CT molecular complexity index is 47.7. The third kappa shape index (κ3) is 2.98. The van der Waals surface area contributed by atoms with Crippen molar-refractivity contribution in [1.29, 1.82) is 0 Å². The predicted molar refractivity (Wildman–Crippen MR) is 32.8 cm³/mol. The number of hydrogen-bond donors (Lipinski definition) is 0. The van der Waals surface area contributed by atoms with Crippen molar-refractivity contribution in [2.75, 3.05) is 27.5 Å². The van der Waals surface area contributed by atoms with Crippen LogP contribution in [0, 0.1) is 0 Å². The SMILES string of the molecule is CO[P+](C)(C)OC. The van der Waals surface area contributed by atoms with E-state index in [1.807, 2.05) is 13.3 Å². The molecule has 0 unspecified atom stereocenters. The lowest BCUT2D eigenvalue weighted by Gasteiger charge is -2.07. The zero-order valence-electron chi connectivity index (χ0n) is 5.26. The van der Waals surface area contributed by atoms with Gasteiger partial charge in [-0.15, -0.1) is 0 Å². The van der Waals surface area contributed by atoms with Crippen LogP contribution in [0.5, 0.6) is 0 Å². The summed E-state index contributed by atoms with van der Waals surface area (Å²) in [6, 6.07) is 0. The van der Waals surface area contributed by atoms with Crippen LogP contribution in [0.4, 0.5) is 0 Å². The van der Waals surface area contributed by atoms with E-state index in [1.54, 1.807) is 14.2 Å². The summed E-state index contributed by atoms with van der Waals surface area (Å²) >= 11 is 0. The normalized spacial score (nSPS) is 12.0. The summed E-state index contributed by atoms with van der Waals surface area (Å²) < 4.78 is 9.95. The molecule has 0 heterocycles. The molecule has 0 saturated heterocycles. The zero-order chi connectivity index (χ0) is 5.91. The van der Waals surface area contributed by atoms with E-state index in [4.69, 9.17) is 9.05 Å². The molecule has 0 aromatic heterocycles. The molecule has 0 aromatic carbocycles. The number of rotatable bonds is 2. The fraction of sp³-hybridized carbons (Fsp3) is 1.00. The second kappa shape index (κ2) is 2.61. The summed E-state index contributed by atoms with van der Waals surface area (Å²) in [4.78, 5) is 0. The van der Waals surface area contributed by atoms with Crippen molar-refractivity contribution >= 4 is 7.72 Å². The van der Waals surface area contributed by atoms with Crippen LogP contribution in [-0.2, 0) is 9.05 Å². The van der Waals surface area contributed by atoms with Crippen LogP contribution >= 0.6 is 7.72 Å². The number of hydrogen-bond acceptors (Lipinski definition) is 2. The highest BCUT2D eigenvalue weighted by molar-refractivity contribution is 7.64. The Hall–Kier alpha value is 0.350. The third-order valence-electron chi connectivity index (χ3n) is 0.879. The molecule has 0 atom stereocenters. The van der Waals surface area contributed by atoms with Crippen molar-refractivity contribution in [3.63, 3.8) is 0 Å². The van der Waals surface area contributed by atoms with Crippen LogP contribution in [0.3, 0.4) is 0 Å². The van der Waals surface area contributed by atoms with Crippen molar-refractivity contribution in [3.8, 4) is 0 Å². The predicted octanol–water partition coefficient (Wildman–Crippen LogP) is 1.39. The third-order valence-corrected chi connectivity index (χ3v) is 2.64. The molecular weight excluding hydrogens is 111 g/mol. The average molecular weight is 123 g/mol. The molecule has 3 heteroatoms. The van der Waals surface area contributed by atoms with Crippen LogP contribution in [0.15, 0.2) is 0 Å². The maximum absolute atomic E-state index is 4.98. The average Bonchev–Trinajstić information content (AvgIpc) is 1.68. The van der Waals surface area contributed by atoms with Gasteiger partial charge in [0.1, 0.15) is 13.3 Å². The van der Waals surface area contributed by atoms with Crippen LogP contribution < -0.4 is 0 Å². The van der Waals surface area contributed by atoms with Gasteiger partial charge in [0.05, 0.1) is 14.2 Å². The van der Waals surface area contributed by atoms with Crippen molar-refractivity contribution in [2.45, 2.75) is 0 Å². The minimum atomic E-state index is -1.40. The Balaban J connectivity index is 3.36. The van der Waals surface area contributed by atoms with E-state index in [1.165, 1.54) is 0 Å². The molecule has 7 heavy (non-hydrogen) atoms. The summed E-state index contributed by atoms with van der Waals surface area (Å²) in [5.74, 6) is 0. The summed E-state index contributed by atoms with van der Waals surface area (Å²) in [6.45, 7) is 3.93. The smallest absolute Gasteiger partial charge is 0.210 e. The molecule has 0 fully saturated rings. The van der Waals surface area contributed by atoms with Crippen LogP contribution in [-0.4, -0.2) is 27.5 Å². The van der Waals surface area contributed by atoms with E-state index < -0.39 is 7.72 Å². The van der Waals surface area contributed by atoms with Crippen molar-refractivity contribution in [1.82, 2.24) is 0 Å².